The van der Waals surface area contributed by atoms with Gasteiger partial charge in [-0.3, -0.25) is 10.1 Å². The number of nitro groups is 1. The van der Waals surface area contributed by atoms with Gasteiger partial charge in [0.05, 0.1) is 4.92 Å². The van der Waals surface area contributed by atoms with Crippen molar-refractivity contribution < 1.29 is 9.66 Å². The topological polar surface area (TPSA) is 88.5 Å². The maximum Gasteiger partial charge on any atom is 0.311 e. The number of aliphatic imine (C=N–C) groups is 1. The Hall–Kier alpha value is -1.72. The van der Waals surface area contributed by atoms with Gasteiger partial charge in [-0.25, -0.2) is 0 Å². The summed E-state index contributed by atoms with van der Waals surface area (Å²) in [6.45, 7) is 1.77. The molecule has 0 fully saturated rings. The first kappa shape index (κ1) is 15.3. The number of nitriles is 1. The van der Waals surface area contributed by atoms with Crippen LogP contribution in [0.1, 0.15) is 5.56 Å². The third-order valence-electron chi connectivity index (χ3n) is 2.02. The normalized spacial score (nSPS) is 10.9. The van der Waals surface area contributed by atoms with Crippen LogP contribution in [0.5, 0.6) is 5.75 Å². The largest absolute Gasteiger partial charge is 0.475 e. The molecule has 0 radical (unpaired) electrons. The molecule has 1 rings (SSSR count). The maximum atomic E-state index is 10.9. The quantitative estimate of drug-likeness (QED) is 0.212. The molecule has 0 amide bonds. The van der Waals surface area contributed by atoms with Crippen molar-refractivity contribution in [2.45, 2.75) is 6.92 Å². The summed E-state index contributed by atoms with van der Waals surface area (Å²) in [6, 6.07) is 4.76. The number of hydrogen-bond donors (Lipinski definition) is 0. The Morgan fingerprint density at radius 1 is 1.63 bits per heavy atom. The first-order valence-corrected chi connectivity index (χ1v) is 7.31. The average molecular weight is 297 g/mol. The van der Waals surface area contributed by atoms with Crippen LogP contribution in [0.3, 0.4) is 0 Å². The number of hydrogen-bond acceptors (Lipinski definition) is 7. The lowest BCUT2D eigenvalue weighted by atomic mass is 10.2. The summed E-state index contributed by atoms with van der Waals surface area (Å²) in [4.78, 5) is 14.0. The molecule has 0 aliphatic rings. The van der Waals surface area contributed by atoms with Gasteiger partial charge in [0.15, 0.2) is 5.75 Å². The Kier molecular flexibility index (Phi) is 6.18. The van der Waals surface area contributed by atoms with Gasteiger partial charge in [-0.2, -0.15) is 10.3 Å². The van der Waals surface area contributed by atoms with E-state index in [1.54, 1.807) is 31.5 Å². The summed E-state index contributed by atoms with van der Waals surface area (Å²) in [5.41, 5.74) is 0.728. The van der Waals surface area contributed by atoms with Gasteiger partial charge in [0.2, 0.25) is 6.19 Å². The van der Waals surface area contributed by atoms with Gasteiger partial charge in [0.25, 0.3) is 0 Å². The Bertz CT molecular complexity index is 540. The second kappa shape index (κ2) is 7.66. The summed E-state index contributed by atoms with van der Waals surface area (Å²) in [6.07, 6.45) is 3.48. The molecule has 0 spiro atoms. The van der Waals surface area contributed by atoms with Gasteiger partial charge >= 0.3 is 5.69 Å². The van der Waals surface area contributed by atoms with E-state index in [4.69, 9.17) is 10.00 Å². The van der Waals surface area contributed by atoms with Crippen LogP contribution in [0.15, 0.2) is 23.2 Å². The molecule has 8 heteroatoms. The first-order valence-electron chi connectivity index (χ1n) is 5.10. The van der Waals surface area contributed by atoms with Gasteiger partial charge in [-0.1, -0.05) is 17.8 Å². The smallest absolute Gasteiger partial charge is 0.311 e. The summed E-state index contributed by atoms with van der Waals surface area (Å²) >= 11 is 2.53. The SMILES string of the molecule is CSC(=NC#N)SCOc1ccc(C)cc1[N+](=O)[O-]. The number of rotatable bonds is 4. The molecule has 19 heavy (non-hydrogen) atoms. The first-order chi connectivity index (χ1) is 9.08. The van der Waals surface area contributed by atoms with Gasteiger partial charge < -0.3 is 4.74 Å². The lowest BCUT2D eigenvalue weighted by Gasteiger charge is -2.06. The highest BCUT2D eigenvalue weighted by molar-refractivity contribution is 8.38. The van der Waals surface area contributed by atoms with Crippen molar-refractivity contribution in [1.29, 1.82) is 5.26 Å². The van der Waals surface area contributed by atoms with Crippen molar-refractivity contribution in [2.24, 2.45) is 4.99 Å². The van der Waals surface area contributed by atoms with Crippen LogP contribution in [0.2, 0.25) is 0 Å². The molecule has 0 heterocycles. The highest BCUT2D eigenvalue weighted by Gasteiger charge is 2.15. The van der Waals surface area contributed by atoms with Gasteiger partial charge in [-0.05, 0) is 24.8 Å². The maximum absolute atomic E-state index is 10.9. The third kappa shape index (κ3) is 4.81. The van der Waals surface area contributed by atoms with Crippen LogP contribution < -0.4 is 4.74 Å². The predicted molar refractivity (Wildman–Crippen MR) is 77.5 cm³/mol. The van der Waals surface area contributed by atoms with Crippen molar-refractivity contribution in [3.8, 4) is 11.9 Å². The zero-order valence-electron chi connectivity index (χ0n) is 10.3. The molecule has 0 N–H and O–H groups in total. The molecule has 0 aromatic heterocycles. The minimum atomic E-state index is -0.480. The molecule has 0 aliphatic heterocycles. The molecular formula is C11H11N3O3S2. The molecule has 1 aromatic rings. The average Bonchev–Trinajstić information content (AvgIpc) is 2.39. The Morgan fingerprint density at radius 3 is 2.95 bits per heavy atom. The van der Waals surface area contributed by atoms with Crippen molar-refractivity contribution >= 4 is 33.6 Å². The van der Waals surface area contributed by atoms with E-state index >= 15 is 0 Å². The van der Waals surface area contributed by atoms with Gasteiger partial charge in [0, 0.05) is 6.07 Å². The molecule has 0 aliphatic carbocycles. The van der Waals surface area contributed by atoms with Crippen LogP contribution in [-0.2, 0) is 0 Å². The molecule has 0 unspecified atom stereocenters. The van der Waals surface area contributed by atoms with Crippen LogP contribution in [0.4, 0.5) is 5.69 Å². The zero-order chi connectivity index (χ0) is 14.3. The Morgan fingerprint density at radius 2 is 2.37 bits per heavy atom. The van der Waals surface area contributed by atoms with E-state index in [1.165, 1.54) is 29.6 Å². The van der Waals surface area contributed by atoms with E-state index in [0.717, 1.165) is 5.56 Å². The number of benzene rings is 1. The predicted octanol–water partition coefficient (Wildman–Crippen LogP) is 3.17. The summed E-state index contributed by atoms with van der Waals surface area (Å²) in [5.74, 6) is 0.367. The molecule has 0 saturated carbocycles. The van der Waals surface area contributed by atoms with Crippen molar-refractivity contribution in [3.63, 3.8) is 0 Å². The van der Waals surface area contributed by atoms with E-state index < -0.39 is 4.92 Å². The van der Waals surface area contributed by atoms with Crippen LogP contribution in [0, 0.1) is 28.5 Å². The van der Waals surface area contributed by atoms with Gasteiger partial charge in [0.1, 0.15) is 10.3 Å². The lowest BCUT2D eigenvalue weighted by Crippen LogP contribution is -2.00. The number of ether oxygens (including phenoxy) is 1. The van der Waals surface area contributed by atoms with Crippen LogP contribution in [-0.4, -0.2) is 21.5 Å². The van der Waals surface area contributed by atoms with E-state index in [9.17, 15) is 10.1 Å². The highest BCUT2D eigenvalue weighted by atomic mass is 32.2. The molecular weight excluding hydrogens is 286 g/mol. The van der Waals surface area contributed by atoms with Crippen LogP contribution in [0.25, 0.3) is 0 Å². The molecule has 6 nitrogen and oxygen atoms in total. The zero-order valence-corrected chi connectivity index (χ0v) is 12.0. The van der Waals surface area contributed by atoms with E-state index in [1.807, 2.05) is 0 Å². The monoisotopic (exact) mass is 297 g/mol. The standard InChI is InChI=1S/C11H11N3O3S2/c1-8-3-4-10(9(5-8)14(15)16)17-7-19-11(18-2)13-6-12/h3-5H,7H2,1-2H3. The second-order valence-corrected chi connectivity index (χ2v) is 5.28. The van der Waals surface area contributed by atoms with Crippen molar-refractivity contribution in [1.82, 2.24) is 0 Å². The molecule has 0 saturated heterocycles. The minimum Gasteiger partial charge on any atom is -0.475 e. The Balaban J connectivity index is 2.71. The number of aryl methyl sites for hydroxylation is 1. The number of thioether (sulfide) groups is 2. The molecule has 0 atom stereocenters. The third-order valence-corrected chi connectivity index (χ3v) is 3.89. The van der Waals surface area contributed by atoms with Crippen LogP contribution >= 0.6 is 23.5 Å². The fourth-order valence-electron chi connectivity index (χ4n) is 1.21. The summed E-state index contributed by atoms with van der Waals surface area (Å²) in [5, 5.41) is 19.3. The summed E-state index contributed by atoms with van der Waals surface area (Å²) < 4.78 is 5.90. The second-order valence-electron chi connectivity index (χ2n) is 3.32. The Labute approximate surface area is 119 Å². The van der Waals surface area contributed by atoms with E-state index in [2.05, 4.69) is 4.99 Å². The highest BCUT2D eigenvalue weighted by Crippen LogP contribution is 2.29. The molecule has 1 aromatic carbocycles. The van der Waals surface area contributed by atoms with Crippen molar-refractivity contribution in [2.75, 3.05) is 12.2 Å². The summed E-state index contributed by atoms with van der Waals surface area (Å²) in [7, 11) is 0. The minimum absolute atomic E-state index is 0.0662. The van der Waals surface area contributed by atoms with E-state index in [0.29, 0.717) is 4.38 Å². The fraction of sp³-hybridized carbons (Fsp3) is 0.273. The fourth-order valence-corrected chi connectivity index (χ4v) is 2.35. The molecule has 0 bridgehead atoms. The van der Waals surface area contributed by atoms with Crippen molar-refractivity contribution in [3.05, 3.63) is 33.9 Å². The molecule has 100 valence electrons. The van der Waals surface area contributed by atoms with Gasteiger partial charge in [-0.15, -0.1) is 11.8 Å². The number of nitrogens with zero attached hydrogens (tertiary/aromatic N) is 3. The van der Waals surface area contributed by atoms with E-state index in [-0.39, 0.29) is 17.4 Å². The lowest BCUT2D eigenvalue weighted by molar-refractivity contribution is -0.385. The number of nitro benzene ring substituents is 1.